The molecule has 1 N–H and O–H groups in total. The van der Waals surface area contributed by atoms with Gasteiger partial charge in [0.05, 0.1) is 0 Å². The standard InChI is InChI=1S/C17H23ClN2/c1-17(15-8-9-15)13-19-16(12-20(17)11-5-10-18)14-6-3-2-4-7-14/h2-7,10,15-16,19H,8-9,11-13H2,1H3/b10-5+. The molecule has 108 valence electrons. The van der Waals surface area contributed by atoms with Gasteiger partial charge >= 0.3 is 0 Å². The number of nitrogens with zero attached hydrogens (tertiary/aromatic N) is 1. The summed E-state index contributed by atoms with van der Waals surface area (Å²) in [5.74, 6) is 0.843. The van der Waals surface area contributed by atoms with E-state index in [1.54, 1.807) is 5.54 Å². The quantitative estimate of drug-likeness (QED) is 0.912. The van der Waals surface area contributed by atoms with Crippen molar-refractivity contribution < 1.29 is 0 Å². The first-order valence-corrected chi connectivity index (χ1v) is 7.96. The lowest BCUT2D eigenvalue weighted by Crippen LogP contribution is -2.61. The molecule has 1 aromatic rings. The summed E-state index contributed by atoms with van der Waals surface area (Å²) in [6.07, 6.45) is 4.81. The molecule has 2 nitrogen and oxygen atoms in total. The second-order valence-corrected chi connectivity index (χ2v) is 6.49. The van der Waals surface area contributed by atoms with Gasteiger partial charge in [0.15, 0.2) is 0 Å². The molecule has 2 atom stereocenters. The Morgan fingerprint density at radius 2 is 2.10 bits per heavy atom. The third kappa shape index (κ3) is 2.78. The van der Waals surface area contributed by atoms with E-state index in [0.29, 0.717) is 6.04 Å². The van der Waals surface area contributed by atoms with Gasteiger partial charge < -0.3 is 5.32 Å². The maximum absolute atomic E-state index is 5.74. The Morgan fingerprint density at radius 3 is 2.75 bits per heavy atom. The average molecular weight is 291 g/mol. The Morgan fingerprint density at radius 1 is 1.35 bits per heavy atom. The first-order chi connectivity index (χ1) is 9.74. The lowest BCUT2D eigenvalue weighted by molar-refractivity contribution is 0.0455. The van der Waals surface area contributed by atoms with E-state index in [4.69, 9.17) is 11.6 Å². The molecule has 0 radical (unpaired) electrons. The van der Waals surface area contributed by atoms with E-state index in [2.05, 4.69) is 53.5 Å². The minimum atomic E-state index is 0.279. The minimum Gasteiger partial charge on any atom is -0.307 e. The molecular formula is C17H23ClN2. The van der Waals surface area contributed by atoms with Crippen LogP contribution < -0.4 is 5.32 Å². The van der Waals surface area contributed by atoms with Crippen molar-refractivity contribution in [3.8, 4) is 0 Å². The van der Waals surface area contributed by atoms with Gasteiger partial charge in [0.1, 0.15) is 0 Å². The molecule has 3 heteroatoms. The van der Waals surface area contributed by atoms with Crippen LogP contribution >= 0.6 is 11.6 Å². The maximum Gasteiger partial charge on any atom is 0.0450 e. The monoisotopic (exact) mass is 290 g/mol. The number of halogens is 1. The maximum atomic E-state index is 5.74. The highest BCUT2D eigenvalue weighted by atomic mass is 35.5. The number of hydrogen-bond donors (Lipinski definition) is 1. The van der Waals surface area contributed by atoms with E-state index in [1.165, 1.54) is 18.4 Å². The summed E-state index contributed by atoms with van der Waals surface area (Å²) in [6.45, 7) is 5.47. The molecule has 2 aliphatic rings. The highest BCUT2D eigenvalue weighted by molar-refractivity contribution is 6.25. The lowest BCUT2D eigenvalue weighted by Gasteiger charge is -2.48. The van der Waals surface area contributed by atoms with Crippen LogP contribution in [0.25, 0.3) is 0 Å². The predicted octanol–water partition coefficient (Wildman–Crippen LogP) is 3.55. The molecule has 1 aromatic carbocycles. The molecule has 1 saturated carbocycles. The fraction of sp³-hybridized carbons (Fsp3) is 0.529. The van der Waals surface area contributed by atoms with Crippen molar-refractivity contribution in [1.29, 1.82) is 0 Å². The van der Waals surface area contributed by atoms with Crippen molar-refractivity contribution in [1.82, 2.24) is 10.2 Å². The van der Waals surface area contributed by atoms with Crippen LogP contribution in [0.1, 0.15) is 31.4 Å². The van der Waals surface area contributed by atoms with Crippen molar-refractivity contribution in [2.24, 2.45) is 5.92 Å². The van der Waals surface area contributed by atoms with E-state index >= 15 is 0 Å². The van der Waals surface area contributed by atoms with Gasteiger partial charge in [-0.05, 0) is 31.2 Å². The lowest BCUT2D eigenvalue weighted by atomic mass is 9.88. The highest BCUT2D eigenvalue weighted by Gasteiger charge is 2.47. The van der Waals surface area contributed by atoms with Gasteiger partial charge in [0.2, 0.25) is 0 Å². The summed E-state index contributed by atoms with van der Waals surface area (Å²) in [6, 6.07) is 11.2. The van der Waals surface area contributed by atoms with Crippen LogP contribution in [0.5, 0.6) is 0 Å². The van der Waals surface area contributed by atoms with E-state index < -0.39 is 0 Å². The Hall–Kier alpha value is -0.830. The molecule has 2 fully saturated rings. The van der Waals surface area contributed by atoms with E-state index in [9.17, 15) is 0 Å². The van der Waals surface area contributed by atoms with Gasteiger partial charge in [-0.1, -0.05) is 48.0 Å². The molecule has 1 aliphatic carbocycles. The van der Waals surface area contributed by atoms with Crippen LogP contribution in [-0.4, -0.2) is 30.1 Å². The van der Waals surface area contributed by atoms with Gasteiger partial charge in [0, 0.05) is 36.8 Å². The first kappa shape index (κ1) is 14.1. The Balaban J connectivity index is 1.77. The summed E-state index contributed by atoms with van der Waals surface area (Å²) >= 11 is 5.74. The van der Waals surface area contributed by atoms with E-state index in [0.717, 1.165) is 25.6 Å². The second kappa shape index (κ2) is 5.88. The topological polar surface area (TPSA) is 15.3 Å². The number of hydrogen-bond acceptors (Lipinski definition) is 2. The predicted molar refractivity (Wildman–Crippen MR) is 84.9 cm³/mol. The van der Waals surface area contributed by atoms with Gasteiger partial charge in [-0.2, -0.15) is 0 Å². The number of nitrogens with one attached hydrogen (secondary N) is 1. The van der Waals surface area contributed by atoms with Crippen molar-refractivity contribution in [3.05, 3.63) is 47.5 Å². The molecule has 0 amide bonds. The SMILES string of the molecule is CC1(C2CC2)CNC(c2ccccc2)CN1C/C=C/Cl. The van der Waals surface area contributed by atoms with Gasteiger partial charge in [-0.3, -0.25) is 4.90 Å². The molecule has 0 spiro atoms. The van der Waals surface area contributed by atoms with E-state index in [-0.39, 0.29) is 5.54 Å². The summed E-state index contributed by atoms with van der Waals surface area (Å²) < 4.78 is 0. The molecule has 20 heavy (non-hydrogen) atoms. The fourth-order valence-corrected chi connectivity index (χ4v) is 3.48. The molecule has 0 aromatic heterocycles. The second-order valence-electron chi connectivity index (χ2n) is 6.24. The summed E-state index contributed by atoms with van der Waals surface area (Å²) in [4.78, 5) is 2.61. The Kier molecular flexibility index (Phi) is 4.16. The minimum absolute atomic E-state index is 0.279. The van der Waals surface area contributed by atoms with Crippen molar-refractivity contribution >= 4 is 11.6 Å². The summed E-state index contributed by atoms with van der Waals surface area (Å²) in [5.41, 5.74) is 3.30. The van der Waals surface area contributed by atoms with Crippen molar-refractivity contribution in [2.45, 2.75) is 31.3 Å². The third-order valence-corrected chi connectivity index (χ3v) is 5.08. The van der Waals surface area contributed by atoms with Gasteiger partial charge in [-0.15, -0.1) is 0 Å². The largest absolute Gasteiger partial charge is 0.307 e. The summed E-state index contributed by atoms with van der Waals surface area (Å²) in [7, 11) is 0. The molecule has 3 rings (SSSR count). The van der Waals surface area contributed by atoms with Crippen LogP contribution in [0, 0.1) is 5.92 Å². The fourth-order valence-electron chi connectivity index (χ4n) is 3.40. The molecule has 1 saturated heterocycles. The molecule has 1 aliphatic heterocycles. The van der Waals surface area contributed by atoms with Gasteiger partial charge in [-0.25, -0.2) is 0 Å². The molecule has 2 unspecified atom stereocenters. The van der Waals surface area contributed by atoms with Crippen LogP contribution in [0.4, 0.5) is 0 Å². The van der Waals surface area contributed by atoms with E-state index in [1.807, 2.05) is 0 Å². The Labute approximate surface area is 126 Å². The van der Waals surface area contributed by atoms with Gasteiger partial charge in [0.25, 0.3) is 0 Å². The Bertz CT molecular complexity index is 469. The zero-order valence-electron chi connectivity index (χ0n) is 12.1. The molecule has 0 bridgehead atoms. The highest BCUT2D eigenvalue weighted by Crippen LogP contribution is 2.44. The van der Waals surface area contributed by atoms with Crippen LogP contribution in [0.3, 0.4) is 0 Å². The van der Waals surface area contributed by atoms with Crippen LogP contribution in [-0.2, 0) is 0 Å². The zero-order valence-corrected chi connectivity index (χ0v) is 12.8. The smallest absolute Gasteiger partial charge is 0.0450 e. The number of rotatable bonds is 4. The number of piperazine rings is 1. The average Bonchev–Trinajstić information content (AvgIpc) is 3.32. The normalized spacial score (nSPS) is 31.8. The molecule has 1 heterocycles. The van der Waals surface area contributed by atoms with Crippen LogP contribution in [0.2, 0.25) is 0 Å². The number of benzene rings is 1. The van der Waals surface area contributed by atoms with Crippen molar-refractivity contribution in [3.63, 3.8) is 0 Å². The zero-order chi connectivity index (χ0) is 14.0. The van der Waals surface area contributed by atoms with Crippen LogP contribution in [0.15, 0.2) is 41.9 Å². The third-order valence-electron chi connectivity index (χ3n) is 4.91. The summed E-state index contributed by atoms with van der Waals surface area (Å²) in [5, 5.41) is 3.75. The first-order valence-electron chi connectivity index (χ1n) is 7.52. The van der Waals surface area contributed by atoms with Crippen molar-refractivity contribution in [2.75, 3.05) is 19.6 Å². The molecular weight excluding hydrogens is 268 g/mol.